The Hall–Kier alpha value is -3.53. The fourth-order valence-corrected chi connectivity index (χ4v) is 3.04. The Morgan fingerprint density at radius 2 is 1.71 bits per heavy atom. The average molecular weight is 372 g/mol. The Balaban J connectivity index is 1.50. The van der Waals surface area contributed by atoms with E-state index in [9.17, 15) is 4.79 Å². The van der Waals surface area contributed by atoms with Gasteiger partial charge < -0.3 is 14.2 Å². The molecule has 1 aliphatic rings. The summed E-state index contributed by atoms with van der Waals surface area (Å²) >= 11 is 0. The molecule has 0 atom stereocenters. The van der Waals surface area contributed by atoms with E-state index in [1.54, 1.807) is 31.4 Å². The lowest BCUT2D eigenvalue weighted by Crippen LogP contribution is -1.98. The van der Waals surface area contributed by atoms with E-state index in [1.807, 2.05) is 42.5 Å². The minimum absolute atomic E-state index is 0.128. The molecule has 0 amide bonds. The van der Waals surface area contributed by atoms with Crippen LogP contribution in [0, 0.1) is 6.92 Å². The molecule has 140 valence electrons. The summed E-state index contributed by atoms with van der Waals surface area (Å²) in [7, 11) is 1.62. The molecule has 0 N–H and O–H groups in total. The molecule has 0 aliphatic carbocycles. The van der Waals surface area contributed by atoms with Crippen LogP contribution in [0.15, 0.2) is 72.5 Å². The second-order valence-electron chi connectivity index (χ2n) is 6.59. The lowest BCUT2D eigenvalue weighted by Gasteiger charge is -2.09. The first-order chi connectivity index (χ1) is 13.6. The van der Waals surface area contributed by atoms with E-state index in [0.717, 1.165) is 16.9 Å². The highest BCUT2D eigenvalue weighted by atomic mass is 16.5. The van der Waals surface area contributed by atoms with E-state index < -0.39 is 0 Å². The van der Waals surface area contributed by atoms with Gasteiger partial charge in [0.2, 0.25) is 5.78 Å². The fourth-order valence-electron chi connectivity index (χ4n) is 3.04. The van der Waals surface area contributed by atoms with Crippen molar-refractivity contribution in [3.63, 3.8) is 0 Å². The molecular formula is C24H20O4. The van der Waals surface area contributed by atoms with Gasteiger partial charge in [0.1, 0.15) is 23.9 Å². The fraction of sp³-hybridized carbons (Fsp3) is 0.125. The van der Waals surface area contributed by atoms with E-state index in [-0.39, 0.29) is 5.78 Å². The number of carbonyl (C=O) groups is 1. The van der Waals surface area contributed by atoms with Gasteiger partial charge in [-0.3, -0.25) is 4.79 Å². The van der Waals surface area contributed by atoms with Crippen molar-refractivity contribution in [1.29, 1.82) is 0 Å². The summed E-state index contributed by atoms with van der Waals surface area (Å²) in [6.07, 6.45) is 1.73. The number of allylic oxidation sites excluding steroid dienone is 1. The Labute approximate surface area is 164 Å². The molecule has 1 aliphatic heterocycles. The number of rotatable bonds is 5. The van der Waals surface area contributed by atoms with Crippen LogP contribution < -0.4 is 14.2 Å². The number of ether oxygens (including phenoxy) is 3. The molecule has 0 saturated heterocycles. The number of hydrogen-bond acceptors (Lipinski definition) is 4. The van der Waals surface area contributed by atoms with Crippen molar-refractivity contribution < 1.29 is 19.0 Å². The van der Waals surface area contributed by atoms with Crippen LogP contribution in [0.3, 0.4) is 0 Å². The summed E-state index contributed by atoms with van der Waals surface area (Å²) < 4.78 is 16.8. The second kappa shape index (κ2) is 7.61. The van der Waals surface area contributed by atoms with Gasteiger partial charge in [0, 0.05) is 6.07 Å². The molecule has 4 rings (SSSR count). The van der Waals surface area contributed by atoms with Crippen molar-refractivity contribution in [2.75, 3.05) is 7.11 Å². The number of benzene rings is 3. The molecular weight excluding hydrogens is 352 g/mol. The van der Waals surface area contributed by atoms with Crippen LogP contribution in [-0.2, 0) is 6.61 Å². The summed E-state index contributed by atoms with van der Waals surface area (Å²) in [5.74, 6) is 2.12. The van der Waals surface area contributed by atoms with Gasteiger partial charge in [-0.2, -0.15) is 0 Å². The van der Waals surface area contributed by atoms with E-state index >= 15 is 0 Å². The topological polar surface area (TPSA) is 44.8 Å². The lowest BCUT2D eigenvalue weighted by atomic mass is 10.1. The van der Waals surface area contributed by atoms with Gasteiger partial charge in [-0.1, -0.05) is 36.4 Å². The first kappa shape index (κ1) is 17.9. The number of fused-ring (bicyclic) bond motifs is 1. The molecule has 1 heterocycles. The highest BCUT2D eigenvalue weighted by Crippen LogP contribution is 2.35. The average Bonchev–Trinajstić information content (AvgIpc) is 3.03. The quantitative estimate of drug-likeness (QED) is 0.578. The Morgan fingerprint density at radius 3 is 2.46 bits per heavy atom. The van der Waals surface area contributed by atoms with Crippen LogP contribution in [0.5, 0.6) is 17.2 Å². The lowest BCUT2D eigenvalue weighted by molar-refractivity contribution is 0.101. The maximum atomic E-state index is 12.6. The summed E-state index contributed by atoms with van der Waals surface area (Å²) in [6.45, 7) is 2.52. The number of hydrogen-bond donors (Lipinski definition) is 0. The standard InChI is InChI=1S/C24H20O4/c1-16-5-3-4-6-18(16)15-27-20-11-12-21-22(14-20)28-23(24(21)25)13-17-7-9-19(26-2)10-8-17/h3-14H,15H2,1-2H3/b23-13-. The molecule has 0 aromatic heterocycles. The van der Waals surface area contributed by atoms with Gasteiger partial charge >= 0.3 is 0 Å². The van der Waals surface area contributed by atoms with Crippen molar-refractivity contribution in [2.45, 2.75) is 13.5 Å². The van der Waals surface area contributed by atoms with Crippen LogP contribution in [0.25, 0.3) is 6.08 Å². The molecule has 0 fully saturated rings. The van der Waals surface area contributed by atoms with Gasteiger partial charge in [-0.25, -0.2) is 0 Å². The molecule has 0 radical (unpaired) electrons. The van der Waals surface area contributed by atoms with E-state index in [1.165, 1.54) is 5.56 Å². The molecule has 3 aromatic carbocycles. The van der Waals surface area contributed by atoms with Gasteiger partial charge in [0.05, 0.1) is 12.7 Å². The third-order valence-electron chi connectivity index (χ3n) is 4.71. The molecule has 0 bridgehead atoms. The number of carbonyl (C=O) groups excluding carboxylic acids is 1. The summed E-state index contributed by atoms with van der Waals surface area (Å²) in [4.78, 5) is 12.6. The molecule has 4 nitrogen and oxygen atoms in total. The van der Waals surface area contributed by atoms with E-state index in [4.69, 9.17) is 14.2 Å². The Morgan fingerprint density at radius 1 is 0.964 bits per heavy atom. The molecule has 28 heavy (non-hydrogen) atoms. The normalized spacial score (nSPS) is 13.9. The zero-order valence-electron chi connectivity index (χ0n) is 15.8. The molecule has 0 unspecified atom stereocenters. The summed E-state index contributed by atoms with van der Waals surface area (Å²) in [6, 6.07) is 20.8. The highest BCUT2D eigenvalue weighted by Gasteiger charge is 2.27. The maximum absolute atomic E-state index is 12.6. The van der Waals surface area contributed by atoms with Crippen molar-refractivity contribution >= 4 is 11.9 Å². The van der Waals surface area contributed by atoms with Crippen LogP contribution in [-0.4, -0.2) is 12.9 Å². The Kier molecular flexibility index (Phi) is 4.85. The second-order valence-corrected chi connectivity index (χ2v) is 6.59. The van der Waals surface area contributed by atoms with Gasteiger partial charge in [0.15, 0.2) is 5.76 Å². The predicted octanol–water partition coefficient (Wildman–Crippen LogP) is 5.20. The van der Waals surface area contributed by atoms with Gasteiger partial charge in [-0.15, -0.1) is 0 Å². The molecule has 0 spiro atoms. The first-order valence-corrected chi connectivity index (χ1v) is 9.04. The minimum atomic E-state index is -0.128. The first-order valence-electron chi connectivity index (χ1n) is 9.04. The minimum Gasteiger partial charge on any atom is -0.497 e. The van der Waals surface area contributed by atoms with E-state index in [2.05, 4.69) is 13.0 Å². The monoisotopic (exact) mass is 372 g/mol. The third kappa shape index (κ3) is 3.62. The smallest absolute Gasteiger partial charge is 0.231 e. The largest absolute Gasteiger partial charge is 0.497 e. The van der Waals surface area contributed by atoms with Crippen molar-refractivity contribution in [2.24, 2.45) is 0 Å². The zero-order chi connectivity index (χ0) is 19.5. The zero-order valence-corrected chi connectivity index (χ0v) is 15.8. The Bertz CT molecular complexity index is 1050. The highest BCUT2D eigenvalue weighted by molar-refractivity contribution is 6.14. The van der Waals surface area contributed by atoms with Gasteiger partial charge in [-0.05, 0) is 54.0 Å². The summed E-state index contributed by atoms with van der Waals surface area (Å²) in [5.41, 5.74) is 3.72. The number of methoxy groups -OCH3 is 1. The predicted molar refractivity (Wildman–Crippen MR) is 108 cm³/mol. The van der Waals surface area contributed by atoms with Crippen molar-refractivity contribution in [1.82, 2.24) is 0 Å². The van der Waals surface area contributed by atoms with Crippen LogP contribution in [0.4, 0.5) is 0 Å². The maximum Gasteiger partial charge on any atom is 0.231 e. The molecule has 4 heteroatoms. The molecule has 3 aromatic rings. The van der Waals surface area contributed by atoms with E-state index in [0.29, 0.717) is 29.4 Å². The summed E-state index contributed by atoms with van der Waals surface area (Å²) in [5, 5.41) is 0. The molecule has 0 saturated carbocycles. The third-order valence-corrected chi connectivity index (χ3v) is 4.71. The van der Waals surface area contributed by atoms with Crippen molar-refractivity contribution in [3.05, 3.63) is 94.7 Å². The van der Waals surface area contributed by atoms with Crippen molar-refractivity contribution in [3.8, 4) is 17.2 Å². The van der Waals surface area contributed by atoms with Crippen LogP contribution in [0.2, 0.25) is 0 Å². The SMILES string of the molecule is COc1ccc(/C=C2\Oc3cc(OCc4ccccc4C)ccc3C2=O)cc1. The van der Waals surface area contributed by atoms with Crippen LogP contribution in [0.1, 0.15) is 27.0 Å². The number of aryl methyl sites for hydroxylation is 1. The number of ketones is 1. The number of Topliss-reactive ketones (excluding diaryl/α,β-unsaturated/α-hetero) is 1. The van der Waals surface area contributed by atoms with Crippen LogP contribution >= 0.6 is 0 Å². The van der Waals surface area contributed by atoms with Gasteiger partial charge in [0.25, 0.3) is 0 Å².